The molecule has 3 aromatic rings. The second kappa shape index (κ2) is 19.3. The number of carbonyl (C=O) groups is 1. The van der Waals surface area contributed by atoms with Crippen LogP contribution in [0.4, 0.5) is 0 Å². The molecule has 7 nitrogen and oxygen atoms in total. The van der Waals surface area contributed by atoms with Crippen molar-refractivity contribution in [3.63, 3.8) is 0 Å². The highest BCUT2D eigenvalue weighted by molar-refractivity contribution is 7.51. The van der Waals surface area contributed by atoms with Gasteiger partial charge in [-0.05, 0) is 73.3 Å². The molecule has 2 aliphatic carbocycles. The molecule has 0 spiro atoms. The minimum atomic E-state index is -4.24. The first-order chi connectivity index (χ1) is 24.3. The minimum Gasteiger partial charge on any atom is -0.493 e. The van der Waals surface area contributed by atoms with Crippen LogP contribution < -0.4 is 4.74 Å². The Hall–Kier alpha value is -2.60. The first-order valence-corrected chi connectivity index (χ1v) is 21.7. The number of unbranched alkanes of at least 4 members (excludes halogenated alkanes) is 2. The van der Waals surface area contributed by atoms with Gasteiger partial charge in [0, 0.05) is 23.5 Å². The fourth-order valence-corrected chi connectivity index (χ4v) is 9.08. The second-order valence-electron chi connectivity index (χ2n) is 15.2. The van der Waals surface area contributed by atoms with Gasteiger partial charge in [0.05, 0.1) is 24.2 Å². The topological polar surface area (TPSA) is 109 Å². The molecule has 0 aliphatic heterocycles. The molecule has 1 heterocycles. The molecular weight excluding hydrogens is 645 g/mol. The van der Waals surface area contributed by atoms with Crippen LogP contribution in [-0.4, -0.2) is 38.2 Å². The van der Waals surface area contributed by atoms with E-state index in [0.29, 0.717) is 18.1 Å². The van der Waals surface area contributed by atoms with Crippen molar-refractivity contribution in [1.29, 1.82) is 0 Å². The van der Waals surface area contributed by atoms with Crippen LogP contribution in [0.3, 0.4) is 0 Å². The van der Waals surface area contributed by atoms with Crippen LogP contribution in [0.5, 0.6) is 5.75 Å². The normalized spacial score (nSPS) is 19.5. The van der Waals surface area contributed by atoms with Gasteiger partial charge in [0.15, 0.2) is 0 Å². The summed E-state index contributed by atoms with van der Waals surface area (Å²) in [6.45, 7) is 3.02. The molecule has 1 saturated carbocycles. The lowest BCUT2D eigenvalue weighted by Crippen LogP contribution is -2.20. The zero-order valence-electron chi connectivity index (χ0n) is 30.5. The van der Waals surface area contributed by atoms with Crippen molar-refractivity contribution in [2.75, 3.05) is 12.8 Å². The van der Waals surface area contributed by atoms with Gasteiger partial charge in [0.2, 0.25) is 0 Å². The second-order valence-corrected chi connectivity index (χ2v) is 17.0. The van der Waals surface area contributed by atoms with E-state index >= 15 is 0 Å². The van der Waals surface area contributed by atoms with Gasteiger partial charge in [-0.1, -0.05) is 127 Å². The Labute approximate surface area is 300 Å². The molecule has 0 saturated heterocycles. The molecule has 2 aliphatic rings. The first-order valence-electron chi connectivity index (χ1n) is 19.9. The van der Waals surface area contributed by atoms with Crippen LogP contribution in [0.2, 0.25) is 0 Å². The van der Waals surface area contributed by atoms with Gasteiger partial charge in [-0.15, -0.1) is 0 Å². The van der Waals surface area contributed by atoms with Crippen molar-refractivity contribution in [3.8, 4) is 5.75 Å². The molecule has 0 radical (unpaired) electrons. The van der Waals surface area contributed by atoms with E-state index in [-0.39, 0.29) is 18.7 Å². The number of rotatable bonds is 13. The average Bonchev–Trinajstić information content (AvgIpc) is 3.41. The largest absolute Gasteiger partial charge is 0.493 e. The fraction of sp³-hybridized carbons (Fsp3) is 0.643. The summed E-state index contributed by atoms with van der Waals surface area (Å²) in [7, 11) is -4.24. The summed E-state index contributed by atoms with van der Waals surface area (Å²) in [6.07, 6.45) is 23.2. The molecule has 5 rings (SSSR count). The molecule has 1 fully saturated rings. The smallest absolute Gasteiger partial charge is 0.328 e. The number of hydrogen-bond acceptors (Lipinski definition) is 3. The summed E-state index contributed by atoms with van der Waals surface area (Å²) in [5.74, 6) is -0.187. The maximum Gasteiger partial charge on any atom is 0.328 e. The third-order valence-corrected chi connectivity index (χ3v) is 12.1. The SMILES string of the molecule is CCCCCC(c1ccccc1)c1cc(OCCP(=O)(O)O)cc2c3c(n(CC4CCCCCCCCCCCCC4)c12)CCCC3C(=O)O. The Balaban J connectivity index is 1.65. The van der Waals surface area contributed by atoms with Gasteiger partial charge >= 0.3 is 13.6 Å². The molecule has 2 atom stereocenters. The molecule has 3 N–H and O–H groups in total. The van der Waals surface area contributed by atoms with Gasteiger partial charge in [-0.3, -0.25) is 9.36 Å². The van der Waals surface area contributed by atoms with E-state index in [4.69, 9.17) is 4.74 Å². The van der Waals surface area contributed by atoms with Crippen molar-refractivity contribution >= 4 is 24.5 Å². The molecule has 0 amide bonds. The summed E-state index contributed by atoms with van der Waals surface area (Å²) in [6, 6.07) is 14.7. The molecule has 0 bridgehead atoms. The van der Waals surface area contributed by atoms with Gasteiger partial charge in [0.1, 0.15) is 5.75 Å². The van der Waals surface area contributed by atoms with Crippen molar-refractivity contribution in [2.45, 2.75) is 154 Å². The number of ether oxygens (including phenoxy) is 1. The molecule has 1 aromatic heterocycles. The number of fused-ring (bicyclic) bond motifs is 3. The summed E-state index contributed by atoms with van der Waals surface area (Å²) in [5.41, 5.74) is 5.63. The molecular formula is C42H62NO6P. The maximum atomic E-state index is 12.9. The number of carboxylic acid groups (broad SMARTS) is 1. The van der Waals surface area contributed by atoms with Crippen molar-refractivity contribution in [1.82, 2.24) is 4.57 Å². The van der Waals surface area contributed by atoms with Crippen LogP contribution in [0.15, 0.2) is 42.5 Å². The van der Waals surface area contributed by atoms with E-state index < -0.39 is 19.5 Å². The monoisotopic (exact) mass is 707 g/mol. The van der Waals surface area contributed by atoms with Gasteiger partial charge in [-0.25, -0.2) is 0 Å². The third-order valence-electron chi connectivity index (χ3n) is 11.4. The van der Waals surface area contributed by atoms with Gasteiger partial charge < -0.3 is 24.2 Å². The van der Waals surface area contributed by atoms with Crippen LogP contribution in [-0.2, 0) is 22.3 Å². The summed E-state index contributed by atoms with van der Waals surface area (Å²) in [5, 5.41) is 11.5. The summed E-state index contributed by atoms with van der Waals surface area (Å²) >= 11 is 0. The number of hydrogen-bond donors (Lipinski definition) is 3. The van der Waals surface area contributed by atoms with Crippen molar-refractivity contribution in [3.05, 3.63) is 64.8 Å². The highest BCUT2D eigenvalue weighted by Gasteiger charge is 2.35. The van der Waals surface area contributed by atoms with Crippen LogP contribution in [0.25, 0.3) is 10.9 Å². The highest BCUT2D eigenvalue weighted by Crippen LogP contribution is 2.46. The molecule has 2 unspecified atom stereocenters. The standard InChI is InChI=1S/C42H62NO6P/c1-2-3-14-24-35(33-22-17-13-18-23-33)37-29-34(49-27-28-50(46,47)48)30-38-40-36(42(44)45)25-19-26-39(40)43(41(37)38)31-32-20-15-11-9-7-5-4-6-8-10-12-16-21-32/h13,17-18,22-23,29-30,32,35-36H,2-12,14-16,19-21,24-28,31H2,1H3,(H,44,45)(H2,46,47,48). The van der Waals surface area contributed by atoms with E-state index in [9.17, 15) is 24.3 Å². The number of benzene rings is 2. The lowest BCUT2D eigenvalue weighted by atomic mass is 9.83. The average molecular weight is 708 g/mol. The number of aromatic nitrogens is 1. The number of carboxylic acids is 1. The number of nitrogens with zero attached hydrogens (tertiary/aromatic N) is 1. The minimum absolute atomic E-state index is 0.0814. The Kier molecular flexibility index (Phi) is 14.9. The van der Waals surface area contributed by atoms with Gasteiger partial charge in [0.25, 0.3) is 0 Å². The summed E-state index contributed by atoms with van der Waals surface area (Å²) < 4.78 is 20.4. The van der Waals surface area contributed by atoms with Crippen molar-refractivity contribution in [2.24, 2.45) is 5.92 Å². The van der Waals surface area contributed by atoms with Crippen LogP contribution in [0.1, 0.15) is 163 Å². The Morgan fingerprint density at radius 2 is 1.52 bits per heavy atom. The molecule has 8 heteroatoms. The molecule has 50 heavy (non-hydrogen) atoms. The quantitative estimate of drug-likeness (QED) is 0.120. The number of aliphatic carboxylic acids is 1. The summed E-state index contributed by atoms with van der Waals surface area (Å²) in [4.78, 5) is 32.0. The fourth-order valence-electron chi connectivity index (χ4n) is 8.76. The maximum absolute atomic E-state index is 12.9. The van der Waals surface area contributed by atoms with E-state index in [1.54, 1.807) is 0 Å². The van der Waals surface area contributed by atoms with E-state index in [2.05, 4.69) is 47.9 Å². The lowest BCUT2D eigenvalue weighted by molar-refractivity contribution is -0.139. The Morgan fingerprint density at radius 1 is 0.880 bits per heavy atom. The molecule has 276 valence electrons. The van der Waals surface area contributed by atoms with Crippen molar-refractivity contribution < 1.29 is 29.0 Å². The zero-order chi connectivity index (χ0) is 35.3. The first kappa shape index (κ1) is 38.6. The van der Waals surface area contributed by atoms with Gasteiger partial charge in [-0.2, -0.15) is 0 Å². The highest BCUT2D eigenvalue weighted by atomic mass is 31.2. The predicted octanol–water partition coefficient (Wildman–Crippen LogP) is 11.1. The van der Waals surface area contributed by atoms with E-state index in [1.807, 2.05) is 6.07 Å². The van der Waals surface area contributed by atoms with E-state index in [0.717, 1.165) is 67.1 Å². The zero-order valence-corrected chi connectivity index (χ0v) is 31.4. The Morgan fingerprint density at radius 3 is 2.12 bits per heavy atom. The van der Waals surface area contributed by atoms with E-state index in [1.165, 1.54) is 94.7 Å². The molecule has 2 aromatic carbocycles. The van der Waals surface area contributed by atoms with Crippen LogP contribution in [0, 0.1) is 5.92 Å². The predicted molar refractivity (Wildman–Crippen MR) is 204 cm³/mol. The van der Waals surface area contributed by atoms with Crippen LogP contribution >= 0.6 is 7.60 Å². The third kappa shape index (κ3) is 10.7. The lowest BCUT2D eigenvalue weighted by Gasteiger charge is -2.26. The Bertz CT molecular complexity index is 1530.